The summed E-state index contributed by atoms with van der Waals surface area (Å²) < 4.78 is 10.1. The fourth-order valence-electron chi connectivity index (χ4n) is 1.28. The van der Waals surface area contributed by atoms with Crippen LogP contribution < -0.4 is 10.1 Å². The fraction of sp³-hybridized carbons (Fsp3) is 0.467. The average Bonchev–Trinajstić information content (AvgIpc) is 2.37. The standard InChI is InChI=1S/C15H20N2O3/c1-15(2,3)20-14(18)16-10-6-5-7-12-8-9-13(19-4)17-11-12/h8-9,11H,6,10H2,1-4H3,(H,16,18). The van der Waals surface area contributed by atoms with Crippen LogP contribution in [0.1, 0.15) is 32.8 Å². The van der Waals surface area contributed by atoms with Crippen molar-refractivity contribution in [1.82, 2.24) is 10.3 Å². The highest BCUT2D eigenvalue weighted by molar-refractivity contribution is 5.67. The number of pyridine rings is 1. The fourth-order valence-corrected chi connectivity index (χ4v) is 1.28. The van der Waals surface area contributed by atoms with Crippen LogP contribution in [0.2, 0.25) is 0 Å². The molecular weight excluding hydrogens is 256 g/mol. The van der Waals surface area contributed by atoms with Crippen LogP contribution in [0.15, 0.2) is 18.3 Å². The maximum absolute atomic E-state index is 11.4. The van der Waals surface area contributed by atoms with Crippen molar-refractivity contribution in [2.75, 3.05) is 13.7 Å². The quantitative estimate of drug-likeness (QED) is 0.680. The van der Waals surface area contributed by atoms with E-state index >= 15 is 0 Å². The summed E-state index contributed by atoms with van der Waals surface area (Å²) in [7, 11) is 1.57. The maximum Gasteiger partial charge on any atom is 0.407 e. The first-order valence-corrected chi connectivity index (χ1v) is 6.36. The summed E-state index contributed by atoms with van der Waals surface area (Å²) in [5.74, 6) is 6.47. The van der Waals surface area contributed by atoms with Crippen molar-refractivity contribution in [1.29, 1.82) is 0 Å². The first kappa shape index (κ1) is 15.8. The van der Waals surface area contributed by atoms with Gasteiger partial charge >= 0.3 is 6.09 Å². The Morgan fingerprint density at radius 3 is 2.70 bits per heavy atom. The van der Waals surface area contributed by atoms with Crippen molar-refractivity contribution >= 4 is 6.09 Å². The predicted octanol–water partition coefficient (Wildman–Crippen LogP) is 2.36. The number of hydrogen-bond donors (Lipinski definition) is 1. The van der Waals surface area contributed by atoms with Gasteiger partial charge in [0.15, 0.2) is 0 Å². The largest absolute Gasteiger partial charge is 0.481 e. The minimum atomic E-state index is -0.482. The maximum atomic E-state index is 11.4. The first-order chi connectivity index (χ1) is 9.40. The third-order valence-electron chi connectivity index (χ3n) is 2.10. The lowest BCUT2D eigenvalue weighted by Gasteiger charge is -2.19. The topological polar surface area (TPSA) is 60.5 Å². The Bertz CT molecular complexity index is 493. The number of aromatic nitrogens is 1. The number of nitrogens with zero attached hydrogens (tertiary/aromatic N) is 1. The molecule has 1 N–H and O–H groups in total. The van der Waals surface area contributed by atoms with Crippen LogP contribution in [-0.4, -0.2) is 30.3 Å². The SMILES string of the molecule is COc1ccc(C#CCCNC(=O)OC(C)(C)C)cn1. The second-order valence-electron chi connectivity index (χ2n) is 5.07. The molecule has 1 rings (SSSR count). The monoisotopic (exact) mass is 276 g/mol. The molecule has 1 heterocycles. The van der Waals surface area contributed by atoms with Gasteiger partial charge < -0.3 is 14.8 Å². The predicted molar refractivity (Wildman–Crippen MR) is 76.5 cm³/mol. The van der Waals surface area contributed by atoms with E-state index in [9.17, 15) is 4.79 Å². The molecule has 0 saturated carbocycles. The van der Waals surface area contributed by atoms with Crippen molar-refractivity contribution in [2.45, 2.75) is 32.8 Å². The van der Waals surface area contributed by atoms with E-state index in [1.807, 2.05) is 26.8 Å². The Hall–Kier alpha value is -2.22. The molecule has 5 heteroatoms. The average molecular weight is 276 g/mol. The van der Waals surface area contributed by atoms with Gasteiger partial charge in [0.1, 0.15) is 5.60 Å². The molecule has 0 unspecified atom stereocenters. The Kier molecular flexibility index (Phi) is 5.85. The van der Waals surface area contributed by atoms with Gasteiger partial charge in [0.25, 0.3) is 0 Å². The van der Waals surface area contributed by atoms with E-state index in [4.69, 9.17) is 9.47 Å². The summed E-state index contributed by atoms with van der Waals surface area (Å²) in [6, 6.07) is 3.59. The summed E-state index contributed by atoms with van der Waals surface area (Å²) in [5, 5.41) is 2.64. The van der Waals surface area contributed by atoms with Gasteiger partial charge in [-0.25, -0.2) is 9.78 Å². The van der Waals surface area contributed by atoms with Crippen LogP contribution in [0.3, 0.4) is 0 Å². The lowest BCUT2D eigenvalue weighted by Crippen LogP contribution is -2.32. The van der Waals surface area contributed by atoms with E-state index < -0.39 is 11.7 Å². The Morgan fingerprint density at radius 1 is 1.40 bits per heavy atom. The normalized spacial score (nSPS) is 10.2. The summed E-state index contributed by atoms with van der Waals surface area (Å²) >= 11 is 0. The molecular formula is C15H20N2O3. The Balaban J connectivity index is 2.30. The molecule has 0 fully saturated rings. The van der Waals surface area contributed by atoms with Crippen molar-refractivity contribution in [3.05, 3.63) is 23.9 Å². The zero-order valence-electron chi connectivity index (χ0n) is 12.3. The number of alkyl carbamates (subject to hydrolysis) is 1. The van der Waals surface area contributed by atoms with E-state index in [-0.39, 0.29) is 0 Å². The van der Waals surface area contributed by atoms with Gasteiger partial charge in [0.2, 0.25) is 5.88 Å². The molecule has 0 bridgehead atoms. The van der Waals surface area contributed by atoms with E-state index in [2.05, 4.69) is 22.1 Å². The van der Waals surface area contributed by atoms with Gasteiger partial charge in [0, 0.05) is 30.8 Å². The van der Waals surface area contributed by atoms with Crippen LogP contribution >= 0.6 is 0 Å². The molecule has 0 spiro atoms. The highest BCUT2D eigenvalue weighted by Gasteiger charge is 2.15. The lowest BCUT2D eigenvalue weighted by molar-refractivity contribution is 0.0529. The van der Waals surface area contributed by atoms with Crippen LogP contribution in [0, 0.1) is 11.8 Å². The summed E-state index contributed by atoms with van der Waals surface area (Å²) in [6.45, 7) is 5.92. The molecule has 20 heavy (non-hydrogen) atoms. The minimum Gasteiger partial charge on any atom is -0.481 e. The number of rotatable bonds is 3. The molecule has 0 aliphatic carbocycles. The lowest BCUT2D eigenvalue weighted by atomic mass is 10.2. The summed E-state index contributed by atoms with van der Waals surface area (Å²) in [5.41, 5.74) is 0.327. The molecule has 1 aromatic rings. The van der Waals surface area contributed by atoms with Crippen LogP contribution in [0.25, 0.3) is 0 Å². The summed E-state index contributed by atoms with van der Waals surface area (Å²) in [6.07, 6.45) is 1.77. The van der Waals surface area contributed by atoms with E-state index in [1.165, 1.54) is 0 Å². The molecule has 0 aliphatic heterocycles. The van der Waals surface area contributed by atoms with Crippen LogP contribution in [0.5, 0.6) is 5.88 Å². The van der Waals surface area contributed by atoms with E-state index in [1.54, 1.807) is 19.4 Å². The molecule has 0 aromatic carbocycles. The molecule has 0 atom stereocenters. The summed E-state index contributed by atoms with van der Waals surface area (Å²) in [4.78, 5) is 15.4. The molecule has 0 aliphatic rings. The van der Waals surface area contributed by atoms with Crippen molar-refractivity contribution in [3.8, 4) is 17.7 Å². The van der Waals surface area contributed by atoms with E-state index in [0.717, 1.165) is 5.56 Å². The van der Waals surface area contributed by atoms with Crippen molar-refractivity contribution < 1.29 is 14.3 Å². The Labute approximate surface area is 119 Å². The van der Waals surface area contributed by atoms with Gasteiger partial charge in [-0.15, -0.1) is 0 Å². The molecule has 1 aromatic heterocycles. The highest BCUT2D eigenvalue weighted by Crippen LogP contribution is 2.06. The number of ether oxygens (including phenoxy) is 2. The number of nitrogens with one attached hydrogen (secondary N) is 1. The number of methoxy groups -OCH3 is 1. The molecule has 0 saturated heterocycles. The zero-order chi connectivity index (χ0) is 15.0. The third-order valence-corrected chi connectivity index (χ3v) is 2.10. The zero-order valence-corrected chi connectivity index (χ0v) is 12.3. The van der Waals surface area contributed by atoms with Crippen LogP contribution in [0.4, 0.5) is 4.79 Å². The second-order valence-corrected chi connectivity index (χ2v) is 5.07. The number of hydrogen-bond acceptors (Lipinski definition) is 4. The molecule has 5 nitrogen and oxygen atoms in total. The first-order valence-electron chi connectivity index (χ1n) is 6.36. The van der Waals surface area contributed by atoms with Gasteiger partial charge in [-0.05, 0) is 26.8 Å². The van der Waals surface area contributed by atoms with E-state index in [0.29, 0.717) is 18.8 Å². The highest BCUT2D eigenvalue weighted by atomic mass is 16.6. The molecule has 0 radical (unpaired) electrons. The second kappa shape index (κ2) is 7.39. The number of carbonyl (C=O) groups excluding carboxylic acids is 1. The minimum absolute atomic E-state index is 0.426. The smallest absolute Gasteiger partial charge is 0.407 e. The van der Waals surface area contributed by atoms with Crippen molar-refractivity contribution in [3.63, 3.8) is 0 Å². The number of carbonyl (C=O) groups is 1. The third kappa shape index (κ3) is 6.64. The van der Waals surface area contributed by atoms with Gasteiger partial charge in [0.05, 0.1) is 7.11 Å². The van der Waals surface area contributed by atoms with Crippen LogP contribution in [-0.2, 0) is 4.74 Å². The van der Waals surface area contributed by atoms with Gasteiger partial charge in [-0.1, -0.05) is 11.8 Å². The van der Waals surface area contributed by atoms with Crippen molar-refractivity contribution in [2.24, 2.45) is 0 Å². The number of amides is 1. The van der Waals surface area contributed by atoms with Gasteiger partial charge in [-0.3, -0.25) is 0 Å². The molecule has 1 amide bonds. The van der Waals surface area contributed by atoms with Gasteiger partial charge in [-0.2, -0.15) is 0 Å². The Morgan fingerprint density at radius 2 is 2.15 bits per heavy atom. The molecule has 108 valence electrons.